The van der Waals surface area contributed by atoms with Gasteiger partial charge in [-0.2, -0.15) is 0 Å². The average molecular weight is 441 g/mol. The Morgan fingerprint density at radius 1 is 0.576 bits per heavy atom. The topological polar surface area (TPSA) is 6.48 Å². The lowest BCUT2D eigenvalue weighted by Gasteiger charge is -2.29. The van der Waals surface area contributed by atoms with Crippen molar-refractivity contribution >= 4 is 11.4 Å². The van der Waals surface area contributed by atoms with Crippen LogP contribution in [0.4, 0.5) is 11.4 Å². The number of fused-ring (bicyclic) bond motifs is 3. The molecule has 2 heteroatoms. The Morgan fingerprint density at radius 3 is 1.79 bits per heavy atom. The zero-order valence-electron chi connectivity index (χ0n) is 21.0. The second kappa shape index (κ2) is 10.9. The average Bonchev–Trinajstić information content (AvgIpc) is 3.19. The highest BCUT2D eigenvalue weighted by atomic mass is 15.1. The standard InChI is InChI=1S/C31H40N2/c1-5-20-32(21-6-2)25-18-16-24(17-19-25)30-27-13-10-9-12-26(27)28-14-11-15-29(31(28)30)33(22-7-3)23-8-4/h9-19,30H,5-8,20-23H2,1-4H3. The van der Waals surface area contributed by atoms with Gasteiger partial charge >= 0.3 is 0 Å². The van der Waals surface area contributed by atoms with E-state index in [2.05, 4.69) is 104 Å². The highest BCUT2D eigenvalue weighted by molar-refractivity contribution is 5.86. The van der Waals surface area contributed by atoms with E-state index < -0.39 is 0 Å². The van der Waals surface area contributed by atoms with Gasteiger partial charge in [0.15, 0.2) is 0 Å². The minimum atomic E-state index is 0.295. The predicted molar refractivity (Wildman–Crippen MR) is 145 cm³/mol. The van der Waals surface area contributed by atoms with Crippen molar-refractivity contribution in [3.05, 3.63) is 83.4 Å². The van der Waals surface area contributed by atoms with Crippen LogP contribution in [0.3, 0.4) is 0 Å². The molecule has 0 radical (unpaired) electrons. The van der Waals surface area contributed by atoms with Crippen LogP contribution in [-0.4, -0.2) is 26.2 Å². The van der Waals surface area contributed by atoms with Gasteiger partial charge in [0.1, 0.15) is 0 Å². The third-order valence-corrected chi connectivity index (χ3v) is 6.84. The molecule has 4 rings (SSSR count). The minimum Gasteiger partial charge on any atom is -0.372 e. The summed E-state index contributed by atoms with van der Waals surface area (Å²) in [4.78, 5) is 5.13. The molecule has 0 amide bonds. The number of benzene rings is 3. The first-order valence-corrected chi connectivity index (χ1v) is 13.0. The maximum absolute atomic E-state index is 2.61. The lowest BCUT2D eigenvalue weighted by Crippen LogP contribution is -2.26. The summed E-state index contributed by atoms with van der Waals surface area (Å²) in [6.45, 7) is 13.6. The van der Waals surface area contributed by atoms with Crippen LogP contribution in [0.1, 0.15) is 76.0 Å². The van der Waals surface area contributed by atoms with Crippen LogP contribution in [-0.2, 0) is 0 Å². The van der Waals surface area contributed by atoms with Gasteiger partial charge in [0, 0.05) is 43.5 Å². The molecule has 0 aliphatic heterocycles. The molecule has 2 nitrogen and oxygen atoms in total. The smallest absolute Gasteiger partial charge is 0.0414 e. The van der Waals surface area contributed by atoms with E-state index in [-0.39, 0.29) is 0 Å². The van der Waals surface area contributed by atoms with Crippen molar-refractivity contribution < 1.29 is 0 Å². The van der Waals surface area contributed by atoms with Crippen LogP contribution in [0.15, 0.2) is 66.7 Å². The molecule has 1 aliphatic rings. The Balaban J connectivity index is 1.80. The molecule has 3 aromatic carbocycles. The summed E-state index contributed by atoms with van der Waals surface area (Å²) in [5.41, 5.74) is 9.91. The van der Waals surface area contributed by atoms with Crippen LogP contribution in [0, 0.1) is 0 Å². The van der Waals surface area contributed by atoms with E-state index in [1.54, 1.807) is 0 Å². The van der Waals surface area contributed by atoms with Gasteiger partial charge in [0.05, 0.1) is 0 Å². The predicted octanol–water partition coefficient (Wildman–Crippen LogP) is 8.10. The lowest BCUT2D eigenvalue weighted by atomic mass is 9.88. The molecule has 1 aliphatic carbocycles. The van der Waals surface area contributed by atoms with Crippen molar-refractivity contribution in [3.8, 4) is 11.1 Å². The highest BCUT2D eigenvalue weighted by Gasteiger charge is 2.33. The first-order valence-electron chi connectivity index (χ1n) is 13.0. The van der Waals surface area contributed by atoms with Gasteiger partial charge in [-0.25, -0.2) is 0 Å². The van der Waals surface area contributed by atoms with Crippen molar-refractivity contribution in [2.24, 2.45) is 0 Å². The van der Waals surface area contributed by atoms with Gasteiger partial charge in [-0.1, -0.05) is 76.2 Å². The van der Waals surface area contributed by atoms with Gasteiger partial charge in [-0.15, -0.1) is 0 Å². The fraction of sp³-hybridized carbons (Fsp3) is 0.419. The van der Waals surface area contributed by atoms with Crippen LogP contribution >= 0.6 is 0 Å². The van der Waals surface area contributed by atoms with E-state index in [0.29, 0.717) is 5.92 Å². The first-order chi connectivity index (χ1) is 16.2. The van der Waals surface area contributed by atoms with Crippen molar-refractivity contribution in [1.29, 1.82) is 0 Å². The van der Waals surface area contributed by atoms with Crippen molar-refractivity contribution in [3.63, 3.8) is 0 Å². The van der Waals surface area contributed by atoms with E-state index in [1.807, 2.05) is 0 Å². The van der Waals surface area contributed by atoms with E-state index in [4.69, 9.17) is 0 Å². The molecular formula is C31H40N2. The monoisotopic (exact) mass is 440 g/mol. The third kappa shape index (κ3) is 4.67. The summed E-state index contributed by atoms with van der Waals surface area (Å²) in [5, 5.41) is 0. The molecule has 33 heavy (non-hydrogen) atoms. The molecular weight excluding hydrogens is 400 g/mol. The second-order valence-electron chi connectivity index (χ2n) is 9.32. The molecule has 0 fully saturated rings. The Bertz CT molecular complexity index is 1030. The van der Waals surface area contributed by atoms with Crippen LogP contribution in [0.5, 0.6) is 0 Å². The maximum Gasteiger partial charge on any atom is 0.0414 e. The molecule has 3 aromatic rings. The molecule has 0 N–H and O–H groups in total. The van der Waals surface area contributed by atoms with Gasteiger partial charge in [0.2, 0.25) is 0 Å². The maximum atomic E-state index is 2.61. The fourth-order valence-corrected chi connectivity index (χ4v) is 5.54. The number of hydrogen-bond acceptors (Lipinski definition) is 2. The molecule has 0 saturated carbocycles. The van der Waals surface area contributed by atoms with E-state index in [1.165, 1.54) is 64.9 Å². The highest BCUT2D eigenvalue weighted by Crippen LogP contribution is 2.51. The molecule has 0 saturated heterocycles. The number of rotatable bonds is 11. The lowest BCUT2D eigenvalue weighted by molar-refractivity contribution is 0.739. The zero-order chi connectivity index (χ0) is 23.2. The molecule has 1 atom stereocenters. The molecule has 0 bridgehead atoms. The summed E-state index contributed by atoms with van der Waals surface area (Å²) >= 11 is 0. The summed E-state index contributed by atoms with van der Waals surface area (Å²) in [6, 6.07) is 25.4. The van der Waals surface area contributed by atoms with Gasteiger partial charge in [-0.3, -0.25) is 0 Å². The second-order valence-corrected chi connectivity index (χ2v) is 9.32. The van der Waals surface area contributed by atoms with E-state index in [0.717, 1.165) is 26.2 Å². The number of nitrogens with zero attached hydrogens (tertiary/aromatic N) is 2. The quantitative estimate of drug-likeness (QED) is 0.232. The Morgan fingerprint density at radius 2 is 1.15 bits per heavy atom. The molecule has 0 aromatic heterocycles. The van der Waals surface area contributed by atoms with Crippen LogP contribution < -0.4 is 9.80 Å². The fourth-order valence-electron chi connectivity index (χ4n) is 5.54. The van der Waals surface area contributed by atoms with Crippen LogP contribution in [0.25, 0.3) is 11.1 Å². The van der Waals surface area contributed by atoms with Crippen molar-refractivity contribution in [1.82, 2.24) is 0 Å². The molecule has 174 valence electrons. The molecule has 0 heterocycles. The summed E-state index contributed by atoms with van der Waals surface area (Å²) in [7, 11) is 0. The van der Waals surface area contributed by atoms with Gasteiger partial charge in [-0.05, 0) is 71.7 Å². The Kier molecular flexibility index (Phi) is 7.75. The summed E-state index contributed by atoms with van der Waals surface area (Å²) < 4.78 is 0. The van der Waals surface area contributed by atoms with E-state index in [9.17, 15) is 0 Å². The Hall–Kier alpha value is -2.74. The van der Waals surface area contributed by atoms with Gasteiger partial charge < -0.3 is 9.80 Å². The number of hydrogen-bond donors (Lipinski definition) is 0. The van der Waals surface area contributed by atoms with Crippen LogP contribution in [0.2, 0.25) is 0 Å². The van der Waals surface area contributed by atoms with Crippen molar-refractivity contribution in [2.45, 2.75) is 59.3 Å². The normalized spacial score (nSPS) is 14.1. The van der Waals surface area contributed by atoms with E-state index >= 15 is 0 Å². The SMILES string of the molecule is CCCN(CCC)c1ccc(C2c3ccccc3-c3cccc(N(CCC)CCC)c32)cc1. The molecule has 1 unspecified atom stereocenters. The van der Waals surface area contributed by atoms with Gasteiger partial charge in [0.25, 0.3) is 0 Å². The number of anilines is 2. The first kappa shape index (κ1) is 23.4. The summed E-state index contributed by atoms with van der Waals surface area (Å²) in [6.07, 6.45) is 4.69. The summed E-state index contributed by atoms with van der Waals surface area (Å²) in [5.74, 6) is 0.295. The minimum absolute atomic E-state index is 0.295. The third-order valence-electron chi connectivity index (χ3n) is 6.84. The zero-order valence-corrected chi connectivity index (χ0v) is 21.0. The Labute approximate surface area is 201 Å². The van der Waals surface area contributed by atoms with Crippen molar-refractivity contribution in [2.75, 3.05) is 36.0 Å². The molecule has 0 spiro atoms. The largest absolute Gasteiger partial charge is 0.372 e.